The van der Waals surface area contributed by atoms with Crippen LogP contribution in [0.4, 0.5) is 4.39 Å². The van der Waals surface area contributed by atoms with E-state index in [2.05, 4.69) is 30.9 Å². The SMILES string of the molecule is Cc1cnc(CN(CCCCN)Cc2ncccc2C2(c3ccc(F)cc3)CCCC2)c(C)c1. The largest absolute Gasteiger partial charge is 0.330 e. The zero-order valence-electron chi connectivity index (χ0n) is 20.6. The van der Waals surface area contributed by atoms with Crippen LogP contribution in [0.1, 0.15) is 72.2 Å². The summed E-state index contributed by atoms with van der Waals surface area (Å²) in [5.74, 6) is -0.185. The first kappa shape index (κ1) is 24.5. The predicted molar refractivity (Wildman–Crippen MR) is 136 cm³/mol. The Morgan fingerprint density at radius 1 is 0.971 bits per heavy atom. The molecule has 0 radical (unpaired) electrons. The number of halogens is 1. The molecule has 0 bridgehead atoms. The van der Waals surface area contributed by atoms with Crippen LogP contribution in [0.2, 0.25) is 0 Å². The minimum absolute atomic E-state index is 0.0990. The number of unbranched alkanes of at least 4 members (excludes halogenated alkanes) is 1. The third-order valence-corrected chi connectivity index (χ3v) is 7.26. The summed E-state index contributed by atoms with van der Waals surface area (Å²) in [5.41, 5.74) is 12.8. The van der Waals surface area contributed by atoms with E-state index < -0.39 is 0 Å². The van der Waals surface area contributed by atoms with Crippen LogP contribution in [0, 0.1) is 19.7 Å². The normalized spacial score (nSPS) is 15.2. The van der Waals surface area contributed by atoms with Crippen molar-refractivity contribution in [3.05, 3.63) is 94.3 Å². The average Bonchev–Trinajstić information content (AvgIpc) is 3.33. The highest BCUT2D eigenvalue weighted by Crippen LogP contribution is 2.47. The molecule has 1 aromatic carbocycles. The number of benzene rings is 1. The lowest BCUT2D eigenvalue weighted by molar-refractivity contribution is 0.243. The molecule has 0 atom stereocenters. The number of pyridine rings is 2. The predicted octanol–water partition coefficient (Wildman–Crippen LogP) is 5.83. The minimum atomic E-state index is -0.185. The van der Waals surface area contributed by atoms with Crippen LogP contribution in [0.15, 0.2) is 54.9 Å². The smallest absolute Gasteiger partial charge is 0.123 e. The summed E-state index contributed by atoms with van der Waals surface area (Å²) in [7, 11) is 0. The van der Waals surface area contributed by atoms with Crippen molar-refractivity contribution in [3.8, 4) is 0 Å². The number of hydrogen-bond acceptors (Lipinski definition) is 4. The fraction of sp³-hybridized carbons (Fsp3) is 0.448. The molecule has 0 saturated heterocycles. The molecule has 0 unspecified atom stereocenters. The Hall–Kier alpha value is -2.63. The van der Waals surface area contributed by atoms with Crippen molar-refractivity contribution in [2.75, 3.05) is 13.1 Å². The van der Waals surface area contributed by atoms with Crippen LogP contribution in [-0.2, 0) is 18.5 Å². The summed E-state index contributed by atoms with van der Waals surface area (Å²) in [6.07, 6.45) is 10.4. The maximum atomic E-state index is 13.7. The van der Waals surface area contributed by atoms with Crippen molar-refractivity contribution in [1.82, 2.24) is 14.9 Å². The highest BCUT2D eigenvalue weighted by Gasteiger charge is 2.39. The van der Waals surface area contributed by atoms with Gasteiger partial charge in [-0.1, -0.05) is 37.1 Å². The minimum Gasteiger partial charge on any atom is -0.330 e. The zero-order chi connectivity index (χ0) is 24.0. The molecular formula is C29H37FN4. The zero-order valence-corrected chi connectivity index (χ0v) is 20.6. The molecule has 4 nitrogen and oxygen atoms in total. The van der Waals surface area contributed by atoms with Crippen molar-refractivity contribution < 1.29 is 4.39 Å². The van der Waals surface area contributed by atoms with E-state index in [1.165, 1.54) is 35.1 Å². The number of nitrogens with two attached hydrogens (primary N) is 1. The van der Waals surface area contributed by atoms with Gasteiger partial charge in [0.2, 0.25) is 0 Å². The van der Waals surface area contributed by atoms with E-state index in [0.29, 0.717) is 6.54 Å². The third-order valence-electron chi connectivity index (χ3n) is 7.26. The molecule has 0 spiro atoms. The van der Waals surface area contributed by atoms with Crippen molar-refractivity contribution in [2.45, 2.75) is 70.9 Å². The molecule has 1 saturated carbocycles. The summed E-state index contributed by atoms with van der Waals surface area (Å²) >= 11 is 0. The number of aromatic nitrogens is 2. The Bertz CT molecular complexity index is 1070. The highest BCUT2D eigenvalue weighted by molar-refractivity contribution is 5.42. The van der Waals surface area contributed by atoms with Gasteiger partial charge < -0.3 is 5.73 Å². The third kappa shape index (κ3) is 5.53. The lowest BCUT2D eigenvalue weighted by Crippen LogP contribution is -2.30. The van der Waals surface area contributed by atoms with Crippen molar-refractivity contribution >= 4 is 0 Å². The molecule has 3 aromatic rings. The van der Waals surface area contributed by atoms with Gasteiger partial charge in [0.15, 0.2) is 0 Å². The van der Waals surface area contributed by atoms with Crippen LogP contribution in [0.3, 0.4) is 0 Å². The van der Waals surface area contributed by atoms with Gasteiger partial charge in [-0.15, -0.1) is 0 Å². The Morgan fingerprint density at radius 2 is 1.71 bits per heavy atom. The lowest BCUT2D eigenvalue weighted by Gasteiger charge is -2.33. The molecule has 1 aliphatic carbocycles. The molecule has 4 rings (SSSR count). The standard InChI is InChI=1S/C29H37FN4/c1-22-18-23(2)27(33-19-22)20-34(17-6-5-15-31)21-28-26(8-7-16-32-28)29(13-3-4-14-29)24-9-11-25(30)12-10-24/h7-12,16,18-19H,3-6,13-15,17,20-21,31H2,1-2H3. The van der Waals surface area contributed by atoms with Gasteiger partial charge in [0.1, 0.15) is 5.82 Å². The van der Waals surface area contributed by atoms with Gasteiger partial charge in [-0.3, -0.25) is 14.9 Å². The van der Waals surface area contributed by atoms with Gasteiger partial charge in [0.05, 0.1) is 11.4 Å². The van der Waals surface area contributed by atoms with Crippen molar-refractivity contribution in [1.29, 1.82) is 0 Å². The van der Waals surface area contributed by atoms with E-state index in [1.54, 1.807) is 12.1 Å². The molecule has 1 fully saturated rings. The maximum absolute atomic E-state index is 13.7. The molecule has 0 amide bonds. The molecular weight excluding hydrogens is 423 g/mol. The molecule has 5 heteroatoms. The first-order valence-electron chi connectivity index (χ1n) is 12.6. The van der Waals surface area contributed by atoms with E-state index >= 15 is 0 Å². The first-order chi connectivity index (χ1) is 16.5. The Morgan fingerprint density at radius 3 is 2.41 bits per heavy atom. The second kappa shape index (κ2) is 11.2. The monoisotopic (exact) mass is 460 g/mol. The quantitative estimate of drug-likeness (QED) is 0.387. The second-order valence-electron chi connectivity index (χ2n) is 9.78. The van der Waals surface area contributed by atoms with Crippen molar-refractivity contribution in [3.63, 3.8) is 0 Å². The van der Waals surface area contributed by atoms with Crippen LogP contribution < -0.4 is 5.73 Å². The van der Waals surface area contributed by atoms with Gasteiger partial charge in [0, 0.05) is 30.9 Å². The fourth-order valence-corrected chi connectivity index (χ4v) is 5.49. The summed E-state index contributed by atoms with van der Waals surface area (Å²) in [6, 6.07) is 13.6. The molecule has 0 aliphatic heterocycles. The van der Waals surface area contributed by atoms with Gasteiger partial charge in [0.25, 0.3) is 0 Å². The van der Waals surface area contributed by atoms with Crippen LogP contribution in [0.5, 0.6) is 0 Å². The van der Waals surface area contributed by atoms with E-state index in [1.807, 2.05) is 30.6 Å². The summed E-state index contributed by atoms with van der Waals surface area (Å²) < 4.78 is 13.7. The van der Waals surface area contributed by atoms with E-state index in [9.17, 15) is 4.39 Å². The average molecular weight is 461 g/mol. The van der Waals surface area contributed by atoms with Gasteiger partial charge in [-0.05, 0) is 93.1 Å². The Labute approximate surface area is 203 Å². The Balaban J connectivity index is 1.66. The van der Waals surface area contributed by atoms with Gasteiger partial charge in [-0.2, -0.15) is 0 Å². The molecule has 2 aromatic heterocycles. The lowest BCUT2D eigenvalue weighted by atomic mass is 9.72. The number of nitrogens with zero attached hydrogens (tertiary/aromatic N) is 3. The van der Waals surface area contributed by atoms with Gasteiger partial charge >= 0.3 is 0 Å². The first-order valence-corrected chi connectivity index (χ1v) is 12.6. The topological polar surface area (TPSA) is 55.0 Å². The van der Waals surface area contributed by atoms with Crippen LogP contribution in [0.25, 0.3) is 0 Å². The number of rotatable bonds is 10. The highest BCUT2D eigenvalue weighted by atomic mass is 19.1. The molecule has 34 heavy (non-hydrogen) atoms. The van der Waals surface area contributed by atoms with Crippen LogP contribution in [-0.4, -0.2) is 28.0 Å². The van der Waals surface area contributed by atoms with E-state index in [4.69, 9.17) is 15.7 Å². The van der Waals surface area contributed by atoms with Gasteiger partial charge in [-0.25, -0.2) is 4.39 Å². The summed E-state index contributed by atoms with van der Waals surface area (Å²) in [5, 5.41) is 0. The van der Waals surface area contributed by atoms with Crippen molar-refractivity contribution in [2.24, 2.45) is 5.73 Å². The second-order valence-corrected chi connectivity index (χ2v) is 9.78. The summed E-state index contributed by atoms with van der Waals surface area (Å²) in [4.78, 5) is 12.1. The van der Waals surface area contributed by atoms with Crippen LogP contribution >= 0.6 is 0 Å². The number of hydrogen-bond donors (Lipinski definition) is 1. The molecule has 2 heterocycles. The Kier molecular flexibility index (Phi) is 8.07. The summed E-state index contributed by atoms with van der Waals surface area (Å²) in [6.45, 7) is 7.43. The van der Waals surface area contributed by atoms with E-state index in [-0.39, 0.29) is 11.2 Å². The maximum Gasteiger partial charge on any atom is 0.123 e. The molecule has 1 aliphatic rings. The van der Waals surface area contributed by atoms with E-state index in [0.717, 1.165) is 56.7 Å². The fourth-order valence-electron chi connectivity index (χ4n) is 5.49. The molecule has 180 valence electrons. The molecule has 2 N–H and O–H groups in total. The number of aryl methyl sites for hydroxylation is 2.